The van der Waals surface area contributed by atoms with Gasteiger partial charge in [0.25, 0.3) is 5.91 Å². The number of hydrogen-bond acceptors (Lipinski definition) is 5. The van der Waals surface area contributed by atoms with E-state index >= 15 is 0 Å². The van der Waals surface area contributed by atoms with Crippen molar-refractivity contribution in [3.05, 3.63) is 29.3 Å². The maximum atomic E-state index is 13.6. The third-order valence-electron chi connectivity index (χ3n) is 4.52. The molecule has 0 radical (unpaired) electrons. The van der Waals surface area contributed by atoms with Crippen LogP contribution in [0.3, 0.4) is 0 Å². The van der Waals surface area contributed by atoms with E-state index in [4.69, 9.17) is 0 Å². The number of nitrogens with one attached hydrogen (secondary N) is 1. The van der Waals surface area contributed by atoms with Crippen LogP contribution in [0.15, 0.2) is 23.3 Å². The number of anilines is 1. The number of nitrogens with zero attached hydrogens (tertiary/aromatic N) is 3. The lowest BCUT2D eigenvalue weighted by Crippen LogP contribution is -2.49. The molecule has 1 atom stereocenters. The van der Waals surface area contributed by atoms with Crippen LogP contribution in [-0.4, -0.2) is 34.4 Å². The second kappa shape index (κ2) is 6.99. The molecule has 2 aliphatic heterocycles. The fraction of sp³-hybridized carbons (Fsp3) is 0.474. The average Bonchev–Trinajstić information content (AvgIpc) is 3.07. The van der Waals surface area contributed by atoms with Gasteiger partial charge >= 0.3 is 0 Å². The van der Waals surface area contributed by atoms with E-state index in [1.54, 1.807) is 4.90 Å². The molecule has 0 saturated heterocycles. The summed E-state index contributed by atoms with van der Waals surface area (Å²) in [6, 6.07) is 5.92. The minimum absolute atomic E-state index is 0.205. The molecule has 3 rings (SSSR count). The van der Waals surface area contributed by atoms with Gasteiger partial charge in [0, 0.05) is 26.0 Å². The number of amidine groups is 1. The molecule has 27 heavy (non-hydrogen) atoms. The number of aryl methyl sites for hydroxylation is 1. The number of carbonyl (C=O) groups excluding carboxylic acids is 3. The highest BCUT2D eigenvalue weighted by Gasteiger charge is 2.61. The van der Waals surface area contributed by atoms with Crippen LogP contribution in [0.4, 0.5) is 5.69 Å². The lowest BCUT2D eigenvalue weighted by Gasteiger charge is -2.30. The smallest absolute Gasteiger partial charge is 0.270 e. The number of hydrogen-bond donors (Lipinski definition) is 1. The first-order valence-electron chi connectivity index (χ1n) is 9.02. The molecule has 1 aromatic rings. The molecule has 2 aliphatic rings. The number of rotatable bonds is 3. The van der Waals surface area contributed by atoms with Crippen LogP contribution in [0.2, 0.25) is 0 Å². The summed E-state index contributed by atoms with van der Waals surface area (Å²) in [6.45, 7) is 9.42. The van der Waals surface area contributed by atoms with Crippen LogP contribution in [0, 0.1) is 5.92 Å². The second-order valence-electron chi connectivity index (χ2n) is 7.18. The Morgan fingerprint density at radius 3 is 2.56 bits per heavy atom. The minimum Gasteiger partial charge on any atom is -0.309 e. The van der Waals surface area contributed by atoms with Crippen molar-refractivity contribution in [1.82, 2.24) is 10.3 Å². The third-order valence-corrected chi connectivity index (χ3v) is 5.76. The summed E-state index contributed by atoms with van der Waals surface area (Å²) < 4.78 is 0. The minimum atomic E-state index is -1.31. The number of fused-ring (bicyclic) bond motifs is 2. The van der Waals surface area contributed by atoms with Gasteiger partial charge in [-0.05, 0) is 41.8 Å². The maximum Gasteiger partial charge on any atom is 0.270 e. The van der Waals surface area contributed by atoms with Gasteiger partial charge in [-0.3, -0.25) is 14.4 Å². The summed E-state index contributed by atoms with van der Waals surface area (Å²) in [5.74, 6) is -0.594. The number of carbonyl (C=O) groups is 3. The van der Waals surface area contributed by atoms with Gasteiger partial charge in [0.2, 0.25) is 16.7 Å². The monoisotopic (exact) mass is 388 g/mol. The molecule has 0 aromatic heterocycles. The molecule has 3 amide bonds. The molecule has 0 fully saturated rings. The molecule has 0 bridgehead atoms. The van der Waals surface area contributed by atoms with E-state index in [-0.39, 0.29) is 28.8 Å². The van der Waals surface area contributed by atoms with E-state index in [0.29, 0.717) is 6.54 Å². The van der Waals surface area contributed by atoms with Crippen LogP contribution in [0.5, 0.6) is 0 Å². The number of thioether (sulfide) groups is 1. The normalized spacial score (nSPS) is 21.1. The summed E-state index contributed by atoms with van der Waals surface area (Å²) in [6.07, 6.45) is 0.811. The summed E-state index contributed by atoms with van der Waals surface area (Å²) in [4.78, 5) is 37.9. The van der Waals surface area contributed by atoms with Crippen molar-refractivity contribution >= 4 is 40.3 Å². The van der Waals surface area contributed by atoms with Crippen LogP contribution in [0.25, 0.3) is 0 Å². The summed E-state index contributed by atoms with van der Waals surface area (Å²) in [7, 11) is 0. The fourth-order valence-electron chi connectivity index (χ4n) is 3.43. The maximum absolute atomic E-state index is 13.6. The fourth-order valence-corrected chi connectivity index (χ4v) is 4.75. The topological polar surface area (TPSA) is 82.1 Å². The zero-order valence-corrected chi connectivity index (χ0v) is 17.0. The molecule has 0 saturated carbocycles. The lowest BCUT2D eigenvalue weighted by molar-refractivity contribution is -0.139. The molecule has 8 heteroatoms. The van der Waals surface area contributed by atoms with E-state index in [2.05, 4.69) is 10.4 Å². The predicted molar refractivity (Wildman–Crippen MR) is 106 cm³/mol. The average molecular weight is 388 g/mol. The summed E-state index contributed by atoms with van der Waals surface area (Å²) >= 11 is 1.12. The van der Waals surface area contributed by atoms with Gasteiger partial charge < -0.3 is 10.2 Å². The van der Waals surface area contributed by atoms with E-state index in [9.17, 15) is 14.4 Å². The van der Waals surface area contributed by atoms with Gasteiger partial charge in [0.05, 0.1) is 5.69 Å². The Balaban J connectivity index is 2.18. The first-order valence-corrected chi connectivity index (χ1v) is 9.83. The molecule has 0 unspecified atom stereocenters. The number of hydrazone groups is 1. The zero-order valence-electron chi connectivity index (χ0n) is 16.2. The molecule has 1 aromatic carbocycles. The molecule has 7 nitrogen and oxygen atoms in total. The van der Waals surface area contributed by atoms with Crippen molar-refractivity contribution in [3.63, 3.8) is 0 Å². The van der Waals surface area contributed by atoms with Crippen LogP contribution < -0.4 is 10.2 Å². The SMILES string of the molecule is CCc1ccc2c(c1)[C@]1(SC(NC(C)=O)=NN1C(C)=O)C(=O)N2CC(C)C. The molecule has 0 aliphatic carbocycles. The molecule has 1 spiro atoms. The lowest BCUT2D eigenvalue weighted by atomic mass is 10.0. The van der Waals surface area contributed by atoms with Gasteiger partial charge in [0.1, 0.15) is 0 Å². The Morgan fingerprint density at radius 2 is 2.00 bits per heavy atom. The number of amides is 3. The van der Waals surface area contributed by atoms with Gasteiger partial charge in [-0.15, -0.1) is 5.10 Å². The Bertz CT molecular complexity index is 851. The highest BCUT2D eigenvalue weighted by atomic mass is 32.2. The van der Waals surface area contributed by atoms with E-state index in [1.807, 2.05) is 39.0 Å². The highest BCUT2D eigenvalue weighted by molar-refractivity contribution is 8.15. The Labute approximate surface area is 163 Å². The standard InChI is InChI=1S/C19H24N4O3S/c1-6-14-7-8-16-15(9-14)19(17(26)22(16)10-11(2)3)23(13(5)25)21-18(27-19)20-12(4)24/h7-9,11H,6,10H2,1-5H3,(H,20,21,24)/t19-/m0/s1. The zero-order chi connectivity index (χ0) is 19.9. The van der Waals surface area contributed by atoms with Gasteiger partial charge in [-0.1, -0.05) is 26.8 Å². The Morgan fingerprint density at radius 1 is 1.30 bits per heavy atom. The second-order valence-corrected chi connectivity index (χ2v) is 8.36. The van der Waals surface area contributed by atoms with E-state index in [1.165, 1.54) is 18.9 Å². The summed E-state index contributed by atoms with van der Waals surface area (Å²) in [5.41, 5.74) is 2.62. The Hall–Kier alpha value is -2.35. The van der Waals surface area contributed by atoms with Crippen molar-refractivity contribution < 1.29 is 14.4 Å². The van der Waals surface area contributed by atoms with Crippen molar-refractivity contribution in [2.24, 2.45) is 11.0 Å². The van der Waals surface area contributed by atoms with E-state index in [0.717, 1.165) is 35.0 Å². The third kappa shape index (κ3) is 3.12. The first-order chi connectivity index (χ1) is 12.7. The quantitative estimate of drug-likeness (QED) is 0.862. The van der Waals surface area contributed by atoms with E-state index < -0.39 is 4.87 Å². The van der Waals surface area contributed by atoms with Gasteiger partial charge in [0.15, 0.2) is 5.17 Å². The summed E-state index contributed by atoms with van der Waals surface area (Å²) in [5, 5.41) is 8.36. The van der Waals surface area contributed by atoms with Crippen molar-refractivity contribution in [2.75, 3.05) is 11.4 Å². The molecule has 1 N–H and O–H groups in total. The molecule has 144 valence electrons. The van der Waals surface area contributed by atoms with Crippen LogP contribution in [0.1, 0.15) is 45.7 Å². The van der Waals surface area contributed by atoms with Gasteiger partial charge in [-0.2, -0.15) is 5.01 Å². The number of benzene rings is 1. The molecule has 2 heterocycles. The van der Waals surface area contributed by atoms with Crippen LogP contribution in [-0.2, 0) is 25.7 Å². The predicted octanol–water partition coefficient (Wildman–Crippen LogP) is 2.41. The highest BCUT2D eigenvalue weighted by Crippen LogP contribution is 2.54. The van der Waals surface area contributed by atoms with Crippen molar-refractivity contribution in [1.29, 1.82) is 0 Å². The molecular weight excluding hydrogens is 364 g/mol. The van der Waals surface area contributed by atoms with Crippen LogP contribution >= 0.6 is 11.8 Å². The van der Waals surface area contributed by atoms with Gasteiger partial charge in [-0.25, -0.2) is 0 Å². The Kier molecular flexibility index (Phi) is 5.03. The van der Waals surface area contributed by atoms with Crippen molar-refractivity contribution in [2.45, 2.75) is 45.9 Å². The molecular formula is C19H24N4O3S. The first kappa shape index (κ1) is 19.4. The largest absolute Gasteiger partial charge is 0.309 e. The van der Waals surface area contributed by atoms with Crippen molar-refractivity contribution in [3.8, 4) is 0 Å².